The van der Waals surface area contributed by atoms with Gasteiger partial charge in [0.2, 0.25) is 5.91 Å². The number of likely N-dealkylation sites (tertiary alicyclic amines) is 1. The molecule has 0 aromatic carbocycles. The van der Waals surface area contributed by atoms with E-state index in [-0.39, 0.29) is 5.91 Å². The lowest BCUT2D eigenvalue weighted by atomic mass is 9.98. The first-order valence-corrected chi connectivity index (χ1v) is 7.69. The average Bonchev–Trinajstić information content (AvgIpc) is 3.15. The van der Waals surface area contributed by atoms with Crippen molar-refractivity contribution in [3.8, 4) is 0 Å². The van der Waals surface area contributed by atoms with Gasteiger partial charge in [-0.1, -0.05) is 5.16 Å². The Morgan fingerprint density at radius 3 is 2.83 bits per heavy atom. The first kappa shape index (κ1) is 15.7. The van der Waals surface area contributed by atoms with Gasteiger partial charge in [0.05, 0.1) is 11.9 Å². The molecule has 0 spiro atoms. The zero-order valence-electron chi connectivity index (χ0n) is 14.0. The lowest BCUT2D eigenvalue weighted by Gasteiger charge is -2.26. The van der Waals surface area contributed by atoms with Crippen molar-refractivity contribution in [2.75, 3.05) is 13.1 Å². The third-order valence-corrected chi connectivity index (χ3v) is 4.34. The topological polar surface area (TPSA) is 89.1 Å². The Hall–Kier alpha value is -2.22. The number of aromatic nitrogens is 4. The van der Waals surface area contributed by atoms with Gasteiger partial charge in [-0.15, -0.1) is 0 Å². The van der Waals surface area contributed by atoms with Gasteiger partial charge in [0, 0.05) is 33.6 Å². The maximum absolute atomic E-state index is 11.7. The first-order valence-electron chi connectivity index (χ1n) is 7.69. The molecule has 2 aromatic rings. The van der Waals surface area contributed by atoms with Gasteiger partial charge >= 0.3 is 0 Å². The minimum absolute atomic E-state index is 0.0978. The predicted molar refractivity (Wildman–Crippen MR) is 82.4 cm³/mol. The van der Waals surface area contributed by atoms with Crippen LogP contribution in [0.1, 0.15) is 36.3 Å². The molecule has 0 saturated carbocycles. The summed E-state index contributed by atoms with van der Waals surface area (Å²) in [5, 5.41) is 11.2. The summed E-state index contributed by atoms with van der Waals surface area (Å²) >= 11 is 0. The number of carbonyl (C=O) groups excluding carboxylic acids is 1. The second kappa shape index (κ2) is 5.77. The largest absolute Gasteiger partial charge is 0.341 e. The van der Waals surface area contributed by atoms with E-state index in [0.717, 1.165) is 25.1 Å². The molecule has 124 valence electrons. The van der Waals surface area contributed by atoms with Gasteiger partial charge < -0.3 is 9.84 Å². The van der Waals surface area contributed by atoms with E-state index in [1.165, 1.54) is 12.6 Å². The van der Waals surface area contributed by atoms with E-state index in [4.69, 9.17) is 4.52 Å². The van der Waals surface area contributed by atoms with Crippen molar-refractivity contribution in [3.63, 3.8) is 0 Å². The van der Waals surface area contributed by atoms with Crippen LogP contribution >= 0.6 is 0 Å². The van der Waals surface area contributed by atoms with Gasteiger partial charge in [-0.3, -0.25) is 14.4 Å². The lowest BCUT2D eigenvalue weighted by molar-refractivity contribution is -0.121. The highest BCUT2D eigenvalue weighted by Gasteiger charge is 2.45. The normalized spacial score (nSPS) is 21.7. The van der Waals surface area contributed by atoms with Crippen LogP contribution in [-0.2, 0) is 23.9 Å². The number of hydrogen-bond donors (Lipinski definition) is 1. The molecule has 1 fully saturated rings. The molecule has 1 aliphatic heterocycles. The Kier molecular flexibility index (Phi) is 3.93. The highest BCUT2D eigenvalue weighted by atomic mass is 16.5. The number of carbonyl (C=O) groups is 1. The Bertz CT molecular complexity index is 702. The van der Waals surface area contributed by atoms with E-state index in [1.54, 1.807) is 6.92 Å². The molecule has 3 heterocycles. The molecule has 1 unspecified atom stereocenters. The molecule has 0 bridgehead atoms. The molecular formula is C15H22N6O2. The van der Waals surface area contributed by atoms with Gasteiger partial charge in [0.15, 0.2) is 5.82 Å². The number of hydrogen-bond acceptors (Lipinski definition) is 6. The monoisotopic (exact) mass is 318 g/mol. The van der Waals surface area contributed by atoms with Crippen LogP contribution in [0.4, 0.5) is 0 Å². The van der Waals surface area contributed by atoms with Gasteiger partial charge in [-0.2, -0.15) is 10.1 Å². The van der Waals surface area contributed by atoms with E-state index in [0.29, 0.717) is 18.3 Å². The van der Waals surface area contributed by atoms with Gasteiger partial charge in [0.25, 0.3) is 5.89 Å². The summed E-state index contributed by atoms with van der Waals surface area (Å²) in [6, 6.07) is 0. The Labute approximate surface area is 134 Å². The molecule has 1 aliphatic rings. The molecule has 0 radical (unpaired) electrons. The van der Waals surface area contributed by atoms with Crippen molar-refractivity contribution in [3.05, 3.63) is 29.2 Å². The maximum atomic E-state index is 11.7. The highest BCUT2D eigenvalue weighted by Crippen LogP contribution is 2.32. The first-order chi connectivity index (χ1) is 10.9. The molecule has 1 saturated heterocycles. The average molecular weight is 318 g/mol. The van der Waals surface area contributed by atoms with Gasteiger partial charge in [-0.25, -0.2) is 0 Å². The summed E-state index contributed by atoms with van der Waals surface area (Å²) < 4.78 is 7.26. The molecule has 1 amide bonds. The van der Waals surface area contributed by atoms with Crippen LogP contribution in [0.5, 0.6) is 0 Å². The number of nitrogens with zero attached hydrogens (tertiary/aromatic N) is 5. The highest BCUT2D eigenvalue weighted by molar-refractivity contribution is 5.74. The number of aryl methyl sites for hydroxylation is 3. The SMILES string of the molecule is CC(=O)NC1(c2nc(C)no2)CCN(Cc2c(C)cnn2C)C1. The minimum Gasteiger partial charge on any atom is -0.341 e. The second-order valence-corrected chi connectivity index (χ2v) is 6.27. The molecule has 23 heavy (non-hydrogen) atoms. The Morgan fingerprint density at radius 2 is 2.26 bits per heavy atom. The number of rotatable bonds is 4. The number of amides is 1. The van der Waals surface area contributed by atoms with E-state index in [2.05, 4.69) is 32.4 Å². The standard InChI is InChI=1S/C15H22N6O2/c1-10-7-16-20(4)13(10)8-21-6-5-15(9-21,18-12(3)22)14-17-11(2)19-23-14/h7H,5-6,8-9H2,1-4H3,(H,18,22). The zero-order chi connectivity index (χ0) is 16.6. The van der Waals surface area contributed by atoms with Crippen LogP contribution in [0.3, 0.4) is 0 Å². The van der Waals surface area contributed by atoms with Crippen LogP contribution in [0.15, 0.2) is 10.7 Å². The summed E-state index contributed by atoms with van der Waals surface area (Å²) in [6.45, 7) is 7.60. The van der Waals surface area contributed by atoms with Crippen LogP contribution in [0.25, 0.3) is 0 Å². The predicted octanol–water partition coefficient (Wildman–Crippen LogP) is 0.657. The van der Waals surface area contributed by atoms with Crippen molar-refractivity contribution < 1.29 is 9.32 Å². The summed E-state index contributed by atoms with van der Waals surface area (Å²) in [6.07, 6.45) is 2.61. The fraction of sp³-hybridized carbons (Fsp3) is 0.600. The molecule has 0 aliphatic carbocycles. The van der Waals surface area contributed by atoms with E-state index in [1.807, 2.05) is 17.9 Å². The van der Waals surface area contributed by atoms with Crippen molar-refractivity contribution >= 4 is 5.91 Å². The zero-order valence-corrected chi connectivity index (χ0v) is 14.0. The molecule has 8 heteroatoms. The summed E-state index contributed by atoms with van der Waals surface area (Å²) in [7, 11) is 1.95. The van der Waals surface area contributed by atoms with Crippen molar-refractivity contribution in [2.24, 2.45) is 7.05 Å². The molecule has 3 rings (SSSR count). The Balaban J connectivity index is 1.82. The van der Waals surface area contributed by atoms with E-state index >= 15 is 0 Å². The van der Waals surface area contributed by atoms with Crippen molar-refractivity contribution in [2.45, 2.75) is 39.3 Å². The second-order valence-electron chi connectivity index (χ2n) is 6.27. The molecule has 1 N–H and O–H groups in total. The summed E-state index contributed by atoms with van der Waals surface area (Å²) in [4.78, 5) is 18.3. The van der Waals surface area contributed by atoms with E-state index < -0.39 is 5.54 Å². The third-order valence-electron chi connectivity index (χ3n) is 4.34. The van der Waals surface area contributed by atoms with Crippen molar-refractivity contribution in [1.29, 1.82) is 0 Å². The lowest BCUT2D eigenvalue weighted by Crippen LogP contribution is -2.47. The Morgan fingerprint density at radius 1 is 1.48 bits per heavy atom. The number of nitrogens with one attached hydrogen (secondary N) is 1. The van der Waals surface area contributed by atoms with Crippen LogP contribution < -0.4 is 5.32 Å². The third kappa shape index (κ3) is 2.98. The van der Waals surface area contributed by atoms with Gasteiger partial charge in [-0.05, 0) is 25.8 Å². The van der Waals surface area contributed by atoms with Crippen LogP contribution in [0.2, 0.25) is 0 Å². The van der Waals surface area contributed by atoms with E-state index in [9.17, 15) is 4.79 Å². The maximum Gasteiger partial charge on any atom is 0.253 e. The molecule has 2 aromatic heterocycles. The smallest absolute Gasteiger partial charge is 0.253 e. The molecule has 1 atom stereocenters. The van der Waals surface area contributed by atoms with Crippen LogP contribution in [0, 0.1) is 13.8 Å². The fourth-order valence-electron chi connectivity index (χ4n) is 3.19. The minimum atomic E-state index is -0.612. The van der Waals surface area contributed by atoms with Crippen molar-refractivity contribution in [1.82, 2.24) is 30.1 Å². The molecular weight excluding hydrogens is 296 g/mol. The fourth-order valence-corrected chi connectivity index (χ4v) is 3.19. The summed E-state index contributed by atoms with van der Waals surface area (Å²) in [5.74, 6) is 0.958. The summed E-state index contributed by atoms with van der Waals surface area (Å²) in [5.41, 5.74) is 1.73. The van der Waals surface area contributed by atoms with Crippen LogP contribution in [-0.4, -0.2) is 43.8 Å². The quantitative estimate of drug-likeness (QED) is 0.891. The molecule has 8 nitrogen and oxygen atoms in total. The van der Waals surface area contributed by atoms with Gasteiger partial charge in [0.1, 0.15) is 5.54 Å².